The van der Waals surface area contributed by atoms with Crippen LogP contribution in [0.15, 0.2) is 24.3 Å². The first-order valence-corrected chi connectivity index (χ1v) is 7.63. The van der Waals surface area contributed by atoms with Gasteiger partial charge in [0, 0.05) is 19.6 Å². The molecule has 8 heteroatoms. The number of amides is 2. The number of piperidine rings is 1. The Morgan fingerprint density at radius 3 is 2.25 bits per heavy atom. The Balaban J connectivity index is 1.71. The Morgan fingerprint density at radius 2 is 1.71 bits per heavy atom. The van der Waals surface area contributed by atoms with Crippen LogP contribution in [0.1, 0.15) is 18.4 Å². The van der Waals surface area contributed by atoms with Crippen LogP contribution >= 0.6 is 0 Å². The molecule has 0 aliphatic carbocycles. The van der Waals surface area contributed by atoms with E-state index in [0.717, 1.165) is 4.90 Å². The second-order valence-corrected chi connectivity index (χ2v) is 5.84. The molecule has 0 aromatic heterocycles. The third-order valence-electron chi connectivity index (χ3n) is 4.01. The van der Waals surface area contributed by atoms with Crippen LogP contribution in [0.25, 0.3) is 0 Å². The van der Waals surface area contributed by atoms with E-state index in [9.17, 15) is 27.2 Å². The van der Waals surface area contributed by atoms with Crippen molar-refractivity contribution in [3.63, 3.8) is 0 Å². The maximum Gasteiger partial charge on any atom is 0.471 e. The number of benzene rings is 1. The van der Waals surface area contributed by atoms with E-state index in [4.69, 9.17) is 0 Å². The molecule has 0 atom stereocenters. The molecule has 0 saturated carbocycles. The van der Waals surface area contributed by atoms with E-state index in [1.165, 1.54) is 24.3 Å². The summed E-state index contributed by atoms with van der Waals surface area (Å²) in [6.45, 7) is 0.432. The van der Waals surface area contributed by atoms with Crippen LogP contribution in [-0.2, 0) is 16.0 Å². The van der Waals surface area contributed by atoms with Crippen molar-refractivity contribution >= 4 is 11.8 Å². The van der Waals surface area contributed by atoms with Gasteiger partial charge < -0.3 is 10.2 Å². The lowest BCUT2D eigenvalue weighted by atomic mass is 9.96. The Kier molecular flexibility index (Phi) is 5.80. The van der Waals surface area contributed by atoms with Crippen molar-refractivity contribution in [2.45, 2.75) is 25.4 Å². The van der Waals surface area contributed by atoms with Crippen LogP contribution in [0.5, 0.6) is 0 Å². The first-order chi connectivity index (χ1) is 11.3. The average Bonchev–Trinajstić information content (AvgIpc) is 2.54. The van der Waals surface area contributed by atoms with E-state index in [0.29, 0.717) is 24.9 Å². The lowest BCUT2D eigenvalue weighted by Crippen LogP contribution is -2.46. The van der Waals surface area contributed by atoms with Gasteiger partial charge >= 0.3 is 12.1 Å². The zero-order valence-corrected chi connectivity index (χ0v) is 12.9. The molecule has 1 aliphatic heterocycles. The van der Waals surface area contributed by atoms with Gasteiger partial charge in [-0.1, -0.05) is 12.1 Å². The molecule has 1 aliphatic rings. The SMILES string of the molecule is O=C(Cc1ccc(F)cc1)NCC1CCN(C(=O)C(F)(F)F)CC1. The zero-order chi connectivity index (χ0) is 17.7. The van der Waals surface area contributed by atoms with Gasteiger partial charge in [-0.25, -0.2) is 4.39 Å². The highest BCUT2D eigenvalue weighted by atomic mass is 19.4. The van der Waals surface area contributed by atoms with E-state index in [1.807, 2.05) is 0 Å². The molecular weight excluding hydrogens is 328 g/mol. The maximum absolute atomic E-state index is 12.8. The molecule has 1 aromatic carbocycles. The summed E-state index contributed by atoms with van der Waals surface area (Å²) in [6, 6.07) is 5.60. The Bertz CT molecular complexity index is 579. The highest BCUT2D eigenvalue weighted by molar-refractivity contribution is 5.82. The van der Waals surface area contributed by atoms with Gasteiger partial charge in [0.05, 0.1) is 6.42 Å². The van der Waals surface area contributed by atoms with Crippen molar-refractivity contribution in [1.82, 2.24) is 10.2 Å². The number of alkyl halides is 3. The van der Waals surface area contributed by atoms with Crippen molar-refractivity contribution in [2.75, 3.05) is 19.6 Å². The zero-order valence-electron chi connectivity index (χ0n) is 12.9. The van der Waals surface area contributed by atoms with Crippen LogP contribution in [0.2, 0.25) is 0 Å². The number of hydrogen-bond donors (Lipinski definition) is 1. The third kappa shape index (κ3) is 5.21. The molecular formula is C16H18F4N2O2. The van der Waals surface area contributed by atoms with Gasteiger partial charge in [0.25, 0.3) is 0 Å². The minimum atomic E-state index is -4.84. The van der Waals surface area contributed by atoms with Crippen LogP contribution in [0, 0.1) is 11.7 Å². The van der Waals surface area contributed by atoms with E-state index in [-0.39, 0.29) is 37.2 Å². The molecule has 1 heterocycles. The minimum Gasteiger partial charge on any atom is -0.356 e. The van der Waals surface area contributed by atoms with Gasteiger partial charge in [-0.05, 0) is 36.5 Å². The summed E-state index contributed by atoms with van der Waals surface area (Å²) in [4.78, 5) is 23.8. The number of likely N-dealkylation sites (tertiary alicyclic amines) is 1. The average molecular weight is 346 g/mol. The fourth-order valence-electron chi connectivity index (χ4n) is 2.63. The molecule has 2 amide bonds. The summed E-state index contributed by atoms with van der Waals surface area (Å²) < 4.78 is 49.8. The topological polar surface area (TPSA) is 49.4 Å². The van der Waals surface area contributed by atoms with Crippen LogP contribution in [0.3, 0.4) is 0 Å². The highest BCUT2D eigenvalue weighted by Gasteiger charge is 2.43. The van der Waals surface area contributed by atoms with Gasteiger partial charge in [-0.15, -0.1) is 0 Å². The lowest BCUT2D eigenvalue weighted by Gasteiger charge is -2.32. The van der Waals surface area contributed by atoms with Gasteiger partial charge in [-0.3, -0.25) is 9.59 Å². The molecule has 24 heavy (non-hydrogen) atoms. The molecule has 0 radical (unpaired) electrons. The molecule has 132 valence electrons. The van der Waals surface area contributed by atoms with Crippen molar-refractivity contribution in [3.8, 4) is 0 Å². The van der Waals surface area contributed by atoms with Gasteiger partial charge in [-0.2, -0.15) is 13.2 Å². The molecule has 0 bridgehead atoms. The molecule has 1 N–H and O–H groups in total. The fourth-order valence-corrected chi connectivity index (χ4v) is 2.63. The molecule has 4 nitrogen and oxygen atoms in total. The van der Waals surface area contributed by atoms with Crippen molar-refractivity contribution in [2.24, 2.45) is 5.92 Å². The molecule has 1 fully saturated rings. The first kappa shape index (κ1) is 18.2. The van der Waals surface area contributed by atoms with E-state index in [1.54, 1.807) is 0 Å². The smallest absolute Gasteiger partial charge is 0.356 e. The quantitative estimate of drug-likeness (QED) is 0.851. The summed E-state index contributed by atoms with van der Waals surface area (Å²) in [6.07, 6.45) is -3.89. The van der Waals surface area contributed by atoms with E-state index < -0.39 is 12.1 Å². The normalized spacial score (nSPS) is 16.1. The van der Waals surface area contributed by atoms with Gasteiger partial charge in [0.15, 0.2) is 0 Å². The van der Waals surface area contributed by atoms with Crippen LogP contribution < -0.4 is 5.32 Å². The maximum atomic E-state index is 12.8. The number of nitrogens with one attached hydrogen (secondary N) is 1. The van der Waals surface area contributed by atoms with Crippen molar-refractivity contribution < 1.29 is 27.2 Å². The standard InChI is InChI=1S/C16H18F4N2O2/c17-13-3-1-11(2-4-13)9-14(23)21-10-12-5-7-22(8-6-12)15(24)16(18,19)20/h1-4,12H,5-10H2,(H,21,23). The number of hydrogen-bond acceptors (Lipinski definition) is 2. The predicted octanol–water partition coefficient (Wildman–Crippen LogP) is 2.29. The van der Waals surface area contributed by atoms with E-state index in [2.05, 4.69) is 5.32 Å². The number of carbonyl (C=O) groups is 2. The Hall–Kier alpha value is -2.12. The van der Waals surface area contributed by atoms with Crippen molar-refractivity contribution in [3.05, 3.63) is 35.6 Å². The Morgan fingerprint density at radius 1 is 1.12 bits per heavy atom. The van der Waals surface area contributed by atoms with Gasteiger partial charge in [0.2, 0.25) is 5.91 Å². The first-order valence-electron chi connectivity index (χ1n) is 7.63. The monoisotopic (exact) mass is 346 g/mol. The third-order valence-corrected chi connectivity index (χ3v) is 4.01. The molecule has 1 saturated heterocycles. The molecule has 2 rings (SSSR count). The van der Waals surface area contributed by atoms with Crippen LogP contribution in [-0.4, -0.2) is 42.5 Å². The Labute approximate surface area is 136 Å². The summed E-state index contributed by atoms with van der Waals surface area (Å²) >= 11 is 0. The summed E-state index contributed by atoms with van der Waals surface area (Å²) in [5, 5.41) is 2.73. The number of rotatable bonds is 4. The molecule has 0 unspecified atom stereocenters. The molecule has 1 aromatic rings. The van der Waals surface area contributed by atoms with Crippen LogP contribution in [0.4, 0.5) is 17.6 Å². The van der Waals surface area contributed by atoms with E-state index >= 15 is 0 Å². The summed E-state index contributed by atoms with van der Waals surface area (Å²) in [5.41, 5.74) is 0.680. The van der Waals surface area contributed by atoms with Crippen molar-refractivity contribution in [1.29, 1.82) is 0 Å². The lowest BCUT2D eigenvalue weighted by molar-refractivity contribution is -0.186. The number of halogens is 4. The van der Waals surface area contributed by atoms with Gasteiger partial charge in [0.1, 0.15) is 5.82 Å². The largest absolute Gasteiger partial charge is 0.471 e. The molecule has 0 spiro atoms. The second kappa shape index (κ2) is 7.63. The second-order valence-electron chi connectivity index (χ2n) is 5.84. The fraction of sp³-hybridized carbons (Fsp3) is 0.500. The predicted molar refractivity (Wildman–Crippen MR) is 78.5 cm³/mol. The number of nitrogens with zero attached hydrogens (tertiary/aromatic N) is 1. The number of carbonyl (C=O) groups excluding carboxylic acids is 2. The summed E-state index contributed by atoms with van der Waals surface area (Å²) in [7, 11) is 0. The summed E-state index contributed by atoms with van der Waals surface area (Å²) in [5.74, 6) is -2.37. The minimum absolute atomic E-state index is 0.0385. The highest BCUT2D eigenvalue weighted by Crippen LogP contribution is 2.23.